The maximum atomic E-state index is 13.7. The highest BCUT2D eigenvalue weighted by molar-refractivity contribution is 6.06. The molecule has 0 saturated carbocycles. The lowest BCUT2D eigenvalue weighted by Gasteiger charge is -2.26. The molecule has 0 aliphatic carbocycles. The molecule has 0 bridgehead atoms. The largest absolute Gasteiger partial charge is 0.508 e. The Bertz CT molecular complexity index is 3520. The number of nitrogen functional groups attached to an aromatic ring is 2. The summed E-state index contributed by atoms with van der Waals surface area (Å²) in [5.41, 5.74) is 18.7. The Morgan fingerprint density at radius 2 is 1.21 bits per heavy atom. The third-order valence-corrected chi connectivity index (χ3v) is 12.9. The highest BCUT2D eigenvalue weighted by Crippen LogP contribution is 2.39. The number of carbonyl (C=O) groups is 2. The molecular formula is C56H62N12O5. The van der Waals surface area contributed by atoms with Crippen LogP contribution in [0.1, 0.15) is 62.3 Å². The Balaban J connectivity index is 0.000000221. The molecule has 1 fully saturated rings. The summed E-state index contributed by atoms with van der Waals surface area (Å²) in [7, 11) is 1.64. The minimum absolute atomic E-state index is 0.189. The predicted molar refractivity (Wildman–Crippen MR) is 289 cm³/mol. The Labute approximate surface area is 423 Å². The van der Waals surface area contributed by atoms with Gasteiger partial charge in [-0.2, -0.15) is 15.3 Å². The van der Waals surface area contributed by atoms with E-state index < -0.39 is 17.4 Å². The van der Waals surface area contributed by atoms with Crippen LogP contribution < -0.4 is 32.8 Å². The third-order valence-electron chi connectivity index (χ3n) is 12.9. The SMILES string of the molecule is CC(C)(C)n1nc(-c2ccc3cc(O)ccc3c2)c(C(=O)NN)c1Nc1cn(CCN2CCOCC2)nc1-c1ccc2ccccc2c1.COc1ccc2cc(-c3nn(C(C)(C)C)c(N)c3C(N)=O)ccc2c1. The first-order valence-electron chi connectivity index (χ1n) is 24.2. The third kappa shape index (κ3) is 10.4. The molecule has 2 amide bonds. The van der Waals surface area contributed by atoms with Crippen molar-refractivity contribution in [3.05, 3.63) is 133 Å². The van der Waals surface area contributed by atoms with Crippen molar-refractivity contribution < 1.29 is 24.2 Å². The van der Waals surface area contributed by atoms with Crippen LogP contribution in [0.15, 0.2) is 121 Å². The van der Waals surface area contributed by atoms with Crippen molar-refractivity contribution in [3.8, 4) is 45.3 Å². The van der Waals surface area contributed by atoms with Gasteiger partial charge in [0, 0.05) is 42.5 Å². The number of nitrogens with zero attached hydrogens (tertiary/aromatic N) is 7. The van der Waals surface area contributed by atoms with Crippen molar-refractivity contribution in [2.75, 3.05) is 51.0 Å². The number of phenolic OH excluding ortho intramolecular Hbond substituents is 1. The minimum atomic E-state index is -0.585. The van der Waals surface area contributed by atoms with E-state index in [2.05, 4.69) is 51.1 Å². The van der Waals surface area contributed by atoms with Crippen LogP contribution in [0, 0.1) is 0 Å². The molecule has 1 saturated heterocycles. The fourth-order valence-electron chi connectivity index (χ4n) is 9.15. The van der Waals surface area contributed by atoms with Crippen molar-refractivity contribution in [1.29, 1.82) is 0 Å². The second-order valence-corrected chi connectivity index (χ2v) is 20.2. The average Bonchev–Trinajstić information content (AvgIpc) is 4.09. The van der Waals surface area contributed by atoms with Crippen LogP contribution in [0.4, 0.5) is 17.3 Å². The van der Waals surface area contributed by atoms with E-state index >= 15 is 0 Å². The van der Waals surface area contributed by atoms with E-state index in [1.807, 2.05) is 130 Å². The summed E-state index contributed by atoms with van der Waals surface area (Å²) in [5.74, 6) is 6.51. The minimum Gasteiger partial charge on any atom is -0.508 e. The van der Waals surface area contributed by atoms with Crippen LogP contribution >= 0.6 is 0 Å². The molecule has 0 radical (unpaired) electrons. The normalized spacial score (nSPS) is 13.3. The number of hydrazine groups is 1. The van der Waals surface area contributed by atoms with Gasteiger partial charge in [0.15, 0.2) is 0 Å². The molecule has 376 valence electrons. The van der Waals surface area contributed by atoms with E-state index in [0.717, 1.165) is 99.0 Å². The summed E-state index contributed by atoms with van der Waals surface area (Å²) in [6.07, 6.45) is 2.00. The van der Waals surface area contributed by atoms with Gasteiger partial charge in [-0.05, 0) is 116 Å². The lowest BCUT2D eigenvalue weighted by molar-refractivity contribution is 0.0360. The number of aromatic hydroxyl groups is 1. The Morgan fingerprint density at radius 3 is 1.82 bits per heavy atom. The number of morpholine rings is 1. The van der Waals surface area contributed by atoms with Crippen LogP contribution in [-0.2, 0) is 22.4 Å². The Morgan fingerprint density at radius 1 is 0.671 bits per heavy atom. The zero-order valence-electron chi connectivity index (χ0n) is 42.2. The second kappa shape index (κ2) is 20.1. The van der Waals surface area contributed by atoms with Gasteiger partial charge in [-0.25, -0.2) is 15.2 Å². The van der Waals surface area contributed by atoms with Crippen LogP contribution in [0.3, 0.4) is 0 Å². The van der Waals surface area contributed by atoms with Crippen LogP contribution in [0.2, 0.25) is 0 Å². The predicted octanol–water partition coefficient (Wildman–Crippen LogP) is 9.01. The molecule has 9 N–H and O–H groups in total. The van der Waals surface area contributed by atoms with Gasteiger partial charge in [-0.3, -0.25) is 24.6 Å². The number of nitrogens with two attached hydrogens (primary N) is 3. The van der Waals surface area contributed by atoms with Gasteiger partial charge in [-0.1, -0.05) is 72.8 Å². The van der Waals surface area contributed by atoms with E-state index in [0.29, 0.717) is 29.3 Å². The van der Waals surface area contributed by atoms with Crippen LogP contribution in [-0.4, -0.2) is 91.1 Å². The molecule has 0 atom stereocenters. The molecule has 1 aliphatic rings. The van der Waals surface area contributed by atoms with Crippen LogP contribution in [0.25, 0.3) is 66.1 Å². The number of ether oxygens (including phenoxy) is 2. The van der Waals surface area contributed by atoms with Crippen molar-refractivity contribution >= 4 is 61.5 Å². The number of carbonyl (C=O) groups excluding carboxylic acids is 2. The number of amides is 2. The number of nitrogens with one attached hydrogen (secondary N) is 2. The number of anilines is 3. The number of primary amides is 1. The molecule has 0 spiro atoms. The summed E-state index contributed by atoms with van der Waals surface area (Å²) in [6, 6.07) is 37.2. The summed E-state index contributed by atoms with van der Waals surface area (Å²) < 4.78 is 16.2. The van der Waals surface area contributed by atoms with E-state index in [9.17, 15) is 14.7 Å². The molecule has 73 heavy (non-hydrogen) atoms. The first kappa shape index (κ1) is 49.7. The standard InChI is InChI=1S/C37H40N8O3.C19H22N4O2/c1-37(2,3)45-35(32(36(47)40-38)34(42-45)29-11-9-27-22-30(46)13-12-26(27)21-29)39-31-23-44(15-14-43-16-18-48-19-17-43)41-33(31)28-10-8-24-6-4-5-7-25(24)20-28;1-19(2,3)23-17(20)15(18(21)24)16(22-23)13-6-5-12-10-14(25-4)8-7-11(12)9-13/h4-13,20-23,39,46H,14-19,38H2,1-3H3,(H,40,47);5-10H,20H2,1-4H3,(H2,21,24). The Kier molecular flexibility index (Phi) is 13.7. The molecular weight excluding hydrogens is 921 g/mol. The molecule has 1 aliphatic heterocycles. The van der Waals surface area contributed by atoms with Gasteiger partial charge >= 0.3 is 0 Å². The number of fused-ring (bicyclic) bond motifs is 3. The van der Waals surface area contributed by atoms with E-state index in [1.54, 1.807) is 23.9 Å². The summed E-state index contributed by atoms with van der Waals surface area (Å²) >= 11 is 0. The quantitative estimate of drug-likeness (QED) is 0.0405. The number of hydrogen-bond acceptors (Lipinski definition) is 12. The van der Waals surface area contributed by atoms with Gasteiger partial charge in [0.25, 0.3) is 11.8 Å². The molecule has 4 heterocycles. The van der Waals surface area contributed by atoms with Gasteiger partial charge < -0.3 is 31.4 Å². The van der Waals surface area contributed by atoms with Gasteiger partial charge in [-0.15, -0.1) is 0 Å². The number of phenols is 1. The van der Waals surface area contributed by atoms with Crippen molar-refractivity contribution in [2.45, 2.75) is 59.2 Å². The molecule has 3 aromatic heterocycles. The maximum absolute atomic E-state index is 13.7. The zero-order valence-corrected chi connectivity index (χ0v) is 42.2. The number of methoxy groups -OCH3 is 1. The summed E-state index contributed by atoms with van der Waals surface area (Å²) in [5, 5.41) is 34.4. The molecule has 6 aromatic carbocycles. The molecule has 10 rings (SSSR count). The monoisotopic (exact) mass is 982 g/mol. The van der Waals surface area contributed by atoms with Gasteiger partial charge in [0.2, 0.25) is 0 Å². The molecule has 0 unspecified atom stereocenters. The van der Waals surface area contributed by atoms with Crippen molar-refractivity contribution in [3.63, 3.8) is 0 Å². The fourth-order valence-corrected chi connectivity index (χ4v) is 9.15. The average molecular weight is 983 g/mol. The van der Waals surface area contributed by atoms with Crippen LogP contribution in [0.5, 0.6) is 11.5 Å². The number of rotatable bonds is 11. The summed E-state index contributed by atoms with van der Waals surface area (Å²) in [6.45, 7) is 16.8. The van der Waals surface area contributed by atoms with Gasteiger partial charge in [0.1, 0.15) is 51.3 Å². The molecule has 17 nitrogen and oxygen atoms in total. The van der Waals surface area contributed by atoms with Crippen molar-refractivity contribution in [1.82, 2.24) is 39.7 Å². The van der Waals surface area contributed by atoms with Gasteiger partial charge in [0.05, 0.1) is 43.6 Å². The Hall–Kier alpha value is -8.25. The van der Waals surface area contributed by atoms with E-state index in [4.69, 9.17) is 37.0 Å². The topological polar surface area (TPSA) is 232 Å². The lowest BCUT2D eigenvalue weighted by Crippen LogP contribution is -2.38. The van der Waals surface area contributed by atoms with E-state index in [1.165, 1.54) is 0 Å². The van der Waals surface area contributed by atoms with Crippen molar-refractivity contribution in [2.24, 2.45) is 11.6 Å². The lowest BCUT2D eigenvalue weighted by atomic mass is 10.0. The second-order valence-electron chi connectivity index (χ2n) is 20.2. The van der Waals surface area contributed by atoms with E-state index in [-0.39, 0.29) is 22.7 Å². The first-order valence-corrected chi connectivity index (χ1v) is 24.2. The number of benzene rings is 6. The number of hydrogen-bond donors (Lipinski definition) is 6. The highest BCUT2D eigenvalue weighted by atomic mass is 16.5. The zero-order chi connectivity index (χ0) is 51.8. The maximum Gasteiger partial charge on any atom is 0.271 e. The molecule has 17 heteroatoms. The summed E-state index contributed by atoms with van der Waals surface area (Å²) in [4.78, 5) is 28.0. The fraction of sp³-hybridized carbons (Fsp3) is 0.268. The number of aromatic nitrogens is 6. The first-order chi connectivity index (χ1) is 34.9. The highest BCUT2D eigenvalue weighted by Gasteiger charge is 2.31. The molecule has 9 aromatic rings. The smallest absolute Gasteiger partial charge is 0.271 e.